The van der Waals surface area contributed by atoms with E-state index in [1.165, 1.54) is 16.7 Å². The summed E-state index contributed by atoms with van der Waals surface area (Å²) in [6.45, 7) is 1.60. The largest absolute Gasteiger partial charge is 1.00 e. The first kappa shape index (κ1) is 15.4. The molecule has 0 aliphatic heterocycles. The van der Waals surface area contributed by atoms with Crippen LogP contribution in [0.1, 0.15) is 11.3 Å². The molecule has 108 valence electrons. The van der Waals surface area contributed by atoms with Gasteiger partial charge in [0.15, 0.2) is 0 Å². The topological polar surface area (TPSA) is 25.2 Å². The molecule has 0 amide bonds. The van der Waals surface area contributed by atoms with E-state index in [2.05, 4.69) is 53.8 Å². The predicted octanol–water partition coefficient (Wildman–Crippen LogP) is 1.24. The van der Waals surface area contributed by atoms with Gasteiger partial charge >= 0.3 is 0 Å². The molecule has 2 nitrogen and oxygen atoms in total. The molecule has 1 aromatic heterocycles. The Balaban J connectivity index is 0.00000161. The number of rotatable bonds is 5. The van der Waals surface area contributed by atoms with Gasteiger partial charge in [-0.3, -0.25) is 0 Å². The molecule has 1 heterocycles. The Bertz CT molecular complexity index is 633. The molecular weight excluding hydrogens is 282 g/mol. The Hall–Kier alpha value is -2.03. The molecular formula is C18H17ClNO-. The SMILES string of the molecule is [Cl-].c1ccc(-c2ccc(CNCc3ccco3)cc2)cc1. The Morgan fingerprint density at radius 1 is 0.714 bits per heavy atom. The van der Waals surface area contributed by atoms with Crippen LogP contribution in [0.4, 0.5) is 0 Å². The molecule has 0 aliphatic carbocycles. The lowest BCUT2D eigenvalue weighted by Gasteiger charge is -2.05. The number of hydrogen-bond acceptors (Lipinski definition) is 2. The first-order chi connectivity index (χ1) is 9.92. The van der Waals surface area contributed by atoms with Gasteiger partial charge in [0.2, 0.25) is 0 Å². The highest BCUT2D eigenvalue weighted by atomic mass is 35.5. The molecule has 0 saturated carbocycles. The molecule has 1 N–H and O–H groups in total. The normalized spacial score (nSPS) is 10.1. The van der Waals surface area contributed by atoms with Crippen LogP contribution >= 0.6 is 0 Å². The molecule has 0 atom stereocenters. The highest BCUT2D eigenvalue weighted by molar-refractivity contribution is 5.63. The summed E-state index contributed by atoms with van der Waals surface area (Å²) in [5.41, 5.74) is 3.78. The quantitative estimate of drug-likeness (QED) is 0.767. The third-order valence-electron chi connectivity index (χ3n) is 3.27. The molecule has 21 heavy (non-hydrogen) atoms. The number of benzene rings is 2. The van der Waals surface area contributed by atoms with Crippen molar-refractivity contribution in [2.45, 2.75) is 13.1 Å². The van der Waals surface area contributed by atoms with Crippen LogP contribution in [0.3, 0.4) is 0 Å². The fraction of sp³-hybridized carbons (Fsp3) is 0.111. The summed E-state index contributed by atoms with van der Waals surface area (Å²) < 4.78 is 5.29. The first-order valence-corrected chi connectivity index (χ1v) is 6.79. The van der Waals surface area contributed by atoms with Crippen LogP contribution in [0.15, 0.2) is 77.4 Å². The van der Waals surface area contributed by atoms with E-state index in [1.807, 2.05) is 18.2 Å². The van der Waals surface area contributed by atoms with Crippen molar-refractivity contribution < 1.29 is 16.8 Å². The minimum Gasteiger partial charge on any atom is -1.00 e. The summed E-state index contributed by atoms with van der Waals surface area (Å²) in [4.78, 5) is 0. The Kier molecular flexibility index (Phi) is 5.61. The molecule has 0 aliphatic rings. The van der Waals surface area contributed by atoms with Crippen molar-refractivity contribution in [1.82, 2.24) is 5.32 Å². The first-order valence-electron chi connectivity index (χ1n) is 6.79. The monoisotopic (exact) mass is 298 g/mol. The summed E-state index contributed by atoms with van der Waals surface area (Å²) in [6.07, 6.45) is 1.70. The van der Waals surface area contributed by atoms with Crippen LogP contribution in [0.5, 0.6) is 0 Å². The van der Waals surface area contributed by atoms with Gasteiger partial charge in [0, 0.05) is 6.54 Å². The summed E-state index contributed by atoms with van der Waals surface area (Å²) in [5.74, 6) is 0.964. The summed E-state index contributed by atoms with van der Waals surface area (Å²) >= 11 is 0. The standard InChI is InChI=1S/C18H17NO.ClH/c1-2-5-16(6-3-1)17-10-8-15(9-11-17)13-19-14-18-7-4-12-20-18;/h1-12,19H,13-14H2;1H/p-1. The van der Waals surface area contributed by atoms with E-state index in [0.29, 0.717) is 0 Å². The maximum atomic E-state index is 5.29. The summed E-state index contributed by atoms with van der Waals surface area (Å²) in [6, 6.07) is 23.0. The second kappa shape index (κ2) is 7.67. The van der Waals surface area contributed by atoms with Crippen LogP contribution < -0.4 is 17.7 Å². The van der Waals surface area contributed by atoms with Gasteiger partial charge in [-0.05, 0) is 28.8 Å². The zero-order valence-corrected chi connectivity index (χ0v) is 12.4. The smallest absolute Gasteiger partial charge is 0.117 e. The minimum atomic E-state index is 0. The van der Waals surface area contributed by atoms with Crippen molar-refractivity contribution in [3.05, 3.63) is 84.3 Å². The highest BCUT2D eigenvalue weighted by Gasteiger charge is 1.98. The lowest BCUT2D eigenvalue weighted by molar-refractivity contribution is -0.00000449. The second-order valence-electron chi connectivity index (χ2n) is 4.75. The number of hydrogen-bond donors (Lipinski definition) is 1. The van der Waals surface area contributed by atoms with Crippen LogP contribution in [0.25, 0.3) is 11.1 Å². The van der Waals surface area contributed by atoms with E-state index in [9.17, 15) is 0 Å². The van der Waals surface area contributed by atoms with E-state index in [4.69, 9.17) is 4.42 Å². The van der Waals surface area contributed by atoms with Crippen molar-refractivity contribution >= 4 is 0 Å². The summed E-state index contributed by atoms with van der Waals surface area (Å²) in [7, 11) is 0. The Morgan fingerprint density at radius 3 is 2.10 bits per heavy atom. The maximum absolute atomic E-state index is 5.29. The number of furan rings is 1. The molecule has 0 spiro atoms. The molecule has 3 aromatic rings. The maximum Gasteiger partial charge on any atom is 0.117 e. The van der Waals surface area contributed by atoms with Gasteiger partial charge in [0.1, 0.15) is 5.76 Å². The van der Waals surface area contributed by atoms with Gasteiger partial charge in [-0.25, -0.2) is 0 Å². The van der Waals surface area contributed by atoms with Crippen LogP contribution in [0, 0.1) is 0 Å². The summed E-state index contributed by atoms with van der Waals surface area (Å²) in [5, 5.41) is 3.37. The second-order valence-corrected chi connectivity index (χ2v) is 4.75. The fourth-order valence-electron chi connectivity index (χ4n) is 2.19. The van der Waals surface area contributed by atoms with E-state index in [1.54, 1.807) is 6.26 Å². The minimum absolute atomic E-state index is 0. The van der Waals surface area contributed by atoms with E-state index >= 15 is 0 Å². The van der Waals surface area contributed by atoms with Gasteiger partial charge in [0.05, 0.1) is 12.8 Å². The molecule has 0 saturated heterocycles. The van der Waals surface area contributed by atoms with Crippen LogP contribution in [-0.2, 0) is 13.1 Å². The van der Waals surface area contributed by atoms with Gasteiger partial charge in [-0.2, -0.15) is 0 Å². The molecule has 0 fully saturated rings. The average Bonchev–Trinajstić information content (AvgIpc) is 3.02. The fourth-order valence-corrected chi connectivity index (χ4v) is 2.19. The van der Waals surface area contributed by atoms with Gasteiger partial charge in [-0.15, -0.1) is 0 Å². The zero-order valence-electron chi connectivity index (χ0n) is 11.6. The van der Waals surface area contributed by atoms with Crippen LogP contribution in [-0.4, -0.2) is 0 Å². The third kappa shape index (κ3) is 4.22. The van der Waals surface area contributed by atoms with E-state index < -0.39 is 0 Å². The van der Waals surface area contributed by atoms with Gasteiger partial charge in [-0.1, -0.05) is 54.6 Å². The molecule has 0 radical (unpaired) electrons. The molecule has 2 aromatic carbocycles. The molecule has 0 bridgehead atoms. The lowest BCUT2D eigenvalue weighted by Crippen LogP contribution is -3.00. The van der Waals surface area contributed by atoms with E-state index in [0.717, 1.165) is 18.8 Å². The van der Waals surface area contributed by atoms with Gasteiger partial charge < -0.3 is 22.1 Å². The van der Waals surface area contributed by atoms with E-state index in [-0.39, 0.29) is 12.4 Å². The van der Waals surface area contributed by atoms with Crippen molar-refractivity contribution in [1.29, 1.82) is 0 Å². The zero-order chi connectivity index (χ0) is 13.6. The molecule has 3 rings (SSSR count). The molecule has 0 unspecified atom stereocenters. The van der Waals surface area contributed by atoms with Gasteiger partial charge in [0.25, 0.3) is 0 Å². The Labute approximate surface area is 131 Å². The van der Waals surface area contributed by atoms with Crippen molar-refractivity contribution in [3.8, 4) is 11.1 Å². The number of nitrogens with one attached hydrogen (secondary N) is 1. The highest BCUT2D eigenvalue weighted by Crippen LogP contribution is 2.19. The predicted molar refractivity (Wildman–Crippen MR) is 81.1 cm³/mol. The van der Waals surface area contributed by atoms with Crippen LogP contribution in [0.2, 0.25) is 0 Å². The number of halogens is 1. The van der Waals surface area contributed by atoms with Crippen molar-refractivity contribution in [2.75, 3.05) is 0 Å². The average molecular weight is 299 g/mol. The lowest BCUT2D eigenvalue weighted by atomic mass is 10.0. The third-order valence-corrected chi connectivity index (χ3v) is 3.27. The van der Waals surface area contributed by atoms with Crippen molar-refractivity contribution in [2.24, 2.45) is 0 Å². The molecule has 3 heteroatoms. The Morgan fingerprint density at radius 2 is 1.43 bits per heavy atom. The van der Waals surface area contributed by atoms with Crippen molar-refractivity contribution in [3.63, 3.8) is 0 Å².